The lowest BCUT2D eigenvalue weighted by atomic mass is 10.1. The van der Waals surface area contributed by atoms with Crippen LogP contribution in [0.4, 0.5) is 0 Å². The Hall–Kier alpha value is -0.160. The molecule has 0 radical (unpaired) electrons. The maximum Gasteiger partial charge on any atom is 0.157 e. The molecule has 0 amide bonds. The quantitative estimate of drug-likeness (QED) is 0.783. The van der Waals surface area contributed by atoms with Crippen LogP contribution >= 0.6 is 0 Å². The van der Waals surface area contributed by atoms with E-state index in [2.05, 4.69) is 17.1 Å². The number of nitrogens with zero attached hydrogens (tertiary/aromatic N) is 1. The Morgan fingerprint density at radius 1 is 1.22 bits per heavy atom. The standard InChI is InChI=1S/C14H28N2O2/c1-2-16(13-6-8-15-9-7-13)10-12-18-14-5-3-4-11-17-14/h13-15H,2-12H2,1H3. The van der Waals surface area contributed by atoms with Crippen LogP contribution in [-0.2, 0) is 9.47 Å². The lowest BCUT2D eigenvalue weighted by molar-refractivity contribution is -0.165. The third kappa shape index (κ3) is 4.50. The topological polar surface area (TPSA) is 33.7 Å². The normalized spacial score (nSPS) is 26.7. The van der Waals surface area contributed by atoms with E-state index in [4.69, 9.17) is 9.47 Å². The zero-order valence-electron chi connectivity index (χ0n) is 11.7. The smallest absolute Gasteiger partial charge is 0.157 e. The fourth-order valence-electron chi connectivity index (χ4n) is 2.91. The van der Waals surface area contributed by atoms with Gasteiger partial charge in [-0.05, 0) is 51.7 Å². The van der Waals surface area contributed by atoms with E-state index in [0.29, 0.717) is 0 Å². The van der Waals surface area contributed by atoms with Crippen molar-refractivity contribution in [1.29, 1.82) is 0 Å². The van der Waals surface area contributed by atoms with E-state index < -0.39 is 0 Å². The summed E-state index contributed by atoms with van der Waals surface area (Å²) in [5.41, 5.74) is 0. The van der Waals surface area contributed by atoms with E-state index in [1.54, 1.807) is 0 Å². The minimum Gasteiger partial charge on any atom is -0.353 e. The molecule has 2 fully saturated rings. The average molecular weight is 256 g/mol. The third-order valence-corrected chi connectivity index (χ3v) is 4.05. The second-order valence-electron chi connectivity index (χ2n) is 5.28. The van der Waals surface area contributed by atoms with Gasteiger partial charge in [0.2, 0.25) is 0 Å². The third-order valence-electron chi connectivity index (χ3n) is 4.05. The molecule has 0 aromatic carbocycles. The van der Waals surface area contributed by atoms with Gasteiger partial charge in [-0.2, -0.15) is 0 Å². The fourth-order valence-corrected chi connectivity index (χ4v) is 2.91. The lowest BCUT2D eigenvalue weighted by Crippen LogP contribution is -2.44. The van der Waals surface area contributed by atoms with E-state index in [1.165, 1.54) is 25.7 Å². The van der Waals surface area contributed by atoms with E-state index in [1.807, 2.05) is 0 Å². The van der Waals surface area contributed by atoms with Gasteiger partial charge in [0.15, 0.2) is 6.29 Å². The molecule has 0 saturated carbocycles. The molecule has 0 spiro atoms. The highest BCUT2D eigenvalue weighted by Gasteiger charge is 2.20. The summed E-state index contributed by atoms with van der Waals surface area (Å²) in [5.74, 6) is 0. The molecule has 0 aromatic heterocycles. The zero-order valence-corrected chi connectivity index (χ0v) is 11.7. The van der Waals surface area contributed by atoms with E-state index >= 15 is 0 Å². The Morgan fingerprint density at radius 3 is 2.72 bits per heavy atom. The summed E-state index contributed by atoms with van der Waals surface area (Å²) >= 11 is 0. The van der Waals surface area contributed by atoms with E-state index in [9.17, 15) is 0 Å². The number of rotatable bonds is 6. The van der Waals surface area contributed by atoms with E-state index in [0.717, 1.165) is 51.9 Å². The largest absolute Gasteiger partial charge is 0.353 e. The van der Waals surface area contributed by atoms with Crippen molar-refractivity contribution in [2.24, 2.45) is 0 Å². The summed E-state index contributed by atoms with van der Waals surface area (Å²) in [7, 11) is 0. The van der Waals surface area contributed by atoms with E-state index in [-0.39, 0.29) is 6.29 Å². The van der Waals surface area contributed by atoms with Crippen LogP contribution in [0, 0.1) is 0 Å². The Bertz CT molecular complexity index is 214. The van der Waals surface area contributed by atoms with Crippen molar-refractivity contribution in [2.45, 2.75) is 51.4 Å². The van der Waals surface area contributed by atoms with Crippen LogP contribution in [0.25, 0.3) is 0 Å². The Labute approximate surface area is 111 Å². The molecule has 2 aliphatic rings. The molecule has 4 heteroatoms. The summed E-state index contributed by atoms with van der Waals surface area (Å²) in [5, 5.41) is 3.42. The summed E-state index contributed by atoms with van der Waals surface area (Å²) in [6, 6.07) is 0.743. The van der Waals surface area contributed by atoms with Crippen molar-refractivity contribution in [3.63, 3.8) is 0 Å². The maximum atomic E-state index is 5.83. The first kappa shape index (κ1) is 14.3. The predicted molar refractivity (Wildman–Crippen MR) is 72.7 cm³/mol. The highest BCUT2D eigenvalue weighted by atomic mass is 16.7. The van der Waals surface area contributed by atoms with Crippen molar-refractivity contribution < 1.29 is 9.47 Å². The number of ether oxygens (including phenoxy) is 2. The molecule has 18 heavy (non-hydrogen) atoms. The second kappa shape index (κ2) is 8.10. The fraction of sp³-hybridized carbons (Fsp3) is 1.00. The predicted octanol–water partition coefficient (Wildman–Crippen LogP) is 1.60. The molecule has 2 rings (SSSR count). The monoisotopic (exact) mass is 256 g/mol. The SMILES string of the molecule is CCN(CCOC1CCCCO1)C1CCNCC1. The number of nitrogens with one attached hydrogen (secondary N) is 1. The molecule has 0 aromatic rings. The van der Waals surface area contributed by atoms with Crippen molar-refractivity contribution in [3.8, 4) is 0 Å². The molecule has 2 heterocycles. The summed E-state index contributed by atoms with van der Waals surface area (Å²) in [6.45, 7) is 8.42. The van der Waals surface area contributed by atoms with Gasteiger partial charge in [0, 0.05) is 19.2 Å². The van der Waals surface area contributed by atoms with Gasteiger partial charge in [-0.1, -0.05) is 6.92 Å². The number of likely N-dealkylation sites (N-methyl/N-ethyl adjacent to an activating group) is 1. The second-order valence-corrected chi connectivity index (χ2v) is 5.28. The van der Waals surface area contributed by atoms with Gasteiger partial charge in [0.05, 0.1) is 6.61 Å². The first-order valence-corrected chi connectivity index (χ1v) is 7.58. The van der Waals surface area contributed by atoms with Crippen LogP contribution in [0.1, 0.15) is 39.0 Å². The molecule has 1 atom stereocenters. The first-order chi connectivity index (χ1) is 8.90. The van der Waals surface area contributed by atoms with Gasteiger partial charge < -0.3 is 14.8 Å². The average Bonchev–Trinajstić information content (AvgIpc) is 2.46. The molecule has 4 nitrogen and oxygen atoms in total. The van der Waals surface area contributed by atoms with Crippen LogP contribution in [-0.4, -0.2) is 56.6 Å². The minimum atomic E-state index is 0.0606. The zero-order chi connectivity index (χ0) is 12.6. The van der Waals surface area contributed by atoms with Crippen LogP contribution in [0.5, 0.6) is 0 Å². The van der Waals surface area contributed by atoms with Crippen LogP contribution in [0.2, 0.25) is 0 Å². The highest BCUT2D eigenvalue weighted by Crippen LogP contribution is 2.15. The summed E-state index contributed by atoms with van der Waals surface area (Å²) < 4.78 is 11.4. The molecule has 0 aliphatic carbocycles. The Balaban J connectivity index is 1.63. The van der Waals surface area contributed by atoms with Gasteiger partial charge in [-0.15, -0.1) is 0 Å². The van der Waals surface area contributed by atoms with Gasteiger partial charge in [-0.25, -0.2) is 0 Å². The van der Waals surface area contributed by atoms with Gasteiger partial charge in [0.1, 0.15) is 0 Å². The first-order valence-electron chi connectivity index (χ1n) is 7.58. The molecule has 106 valence electrons. The van der Waals surface area contributed by atoms with Gasteiger partial charge in [0.25, 0.3) is 0 Å². The lowest BCUT2D eigenvalue weighted by Gasteiger charge is -2.34. The van der Waals surface area contributed by atoms with Gasteiger partial charge in [-0.3, -0.25) is 4.90 Å². The highest BCUT2D eigenvalue weighted by molar-refractivity contribution is 4.77. The Morgan fingerprint density at radius 2 is 2.06 bits per heavy atom. The van der Waals surface area contributed by atoms with Crippen molar-refractivity contribution in [3.05, 3.63) is 0 Å². The van der Waals surface area contributed by atoms with Crippen LogP contribution < -0.4 is 5.32 Å². The van der Waals surface area contributed by atoms with Crippen molar-refractivity contribution in [2.75, 3.05) is 39.4 Å². The molecule has 1 unspecified atom stereocenters. The Kier molecular flexibility index (Phi) is 6.41. The minimum absolute atomic E-state index is 0.0606. The molecular weight excluding hydrogens is 228 g/mol. The van der Waals surface area contributed by atoms with Crippen molar-refractivity contribution in [1.82, 2.24) is 10.2 Å². The summed E-state index contributed by atoms with van der Waals surface area (Å²) in [4.78, 5) is 2.56. The molecule has 2 saturated heterocycles. The number of piperidine rings is 1. The van der Waals surface area contributed by atoms with Crippen molar-refractivity contribution >= 4 is 0 Å². The summed E-state index contributed by atoms with van der Waals surface area (Å²) in [6.07, 6.45) is 6.11. The van der Waals surface area contributed by atoms with Crippen LogP contribution in [0.3, 0.4) is 0 Å². The molecule has 1 N–H and O–H groups in total. The number of hydrogen-bond donors (Lipinski definition) is 1. The van der Waals surface area contributed by atoms with Gasteiger partial charge >= 0.3 is 0 Å². The number of hydrogen-bond acceptors (Lipinski definition) is 4. The maximum absolute atomic E-state index is 5.83. The molecular formula is C14H28N2O2. The molecule has 2 aliphatic heterocycles. The molecule has 0 bridgehead atoms. The van der Waals surface area contributed by atoms with Crippen LogP contribution in [0.15, 0.2) is 0 Å².